The number of aryl methyl sites for hydroxylation is 1. The summed E-state index contributed by atoms with van der Waals surface area (Å²) in [5.74, 6) is 0.234. The molecular formula is C23H30N2O2S. The summed E-state index contributed by atoms with van der Waals surface area (Å²) in [6.45, 7) is 10.3. The summed E-state index contributed by atoms with van der Waals surface area (Å²) in [6, 6.07) is 13.6. The second kappa shape index (κ2) is 6.60. The molecule has 2 aliphatic heterocycles. The van der Waals surface area contributed by atoms with Gasteiger partial charge >= 0.3 is 0 Å². The van der Waals surface area contributed by atoms with Gasteiger partial charge in [0.25, 0.3) is 10.0 Å². The van der Waals surface area contributed by atoms with E-state index in [2.05, 4.69) is 45.7 Å². The van der Waals surface area contributed by atoms with Gasteiger partial charge in [0.1, 0.15) is 0 Å². The molecule has 1 saturated heterocycles. The lowest BCUT2D eigenvalue weighted by molar-refractivity contribution is 0.237. The van der Waals surface area contributed by atoms with E-state index in [1.807, 2.05) is 24.3 Å². The summed E-state index contributed by atoms with van der Waals surface area (Å²) < 4.78 is 29.1. The number of nitrogens with zero attached hydrogens (tertiary/aromatic N) is 2. The number of benzene rings is 2. The number of sulfonamides is 1. The molecule has 2 atom stereocenters. The predicted molar refractivity (Wildman–Crippen MR) is 115 cm³/mol. The van der Waals surface area contributed by atoms with E-state index >= 15 is 0 Å². The van der Waals surface area contributed by atoms with Gasteiger partial charge in [-0.15, -0.1) is 0 Å². The van der Waals surface area contributed by atoms with Crippen molar-refractivity contribution >= 4 is 15.7 Å². The third-order valence-corrected chi connectivity index (χ3v) is 8.03. The Kier molecular flexibility index (Phi) is 4.59. The maximum absolute atomic E-state index is 13.7. The Labute approximate surface area is 169 Å². The van der Waals surface area contributed by atoms with Crippen molar-refractivity contribution in [3.63, 3.8) is 0 Å². The Hall–Kier alpha value is -1.85. The molecule has 0 unspecified atom stereocenters. The van der Waals surface area contributed by atoms with Crippen LogP contribution >= 0.6 is 0 Å². The lowest BCUT2D eigenvalue weighted by Crippen LogP contribution is -2.47. The molecule has 0 saturated carbocycles. The van der Waals surface area contributed by atoms with Crippen molar-refractivity contribution in [1.29, 1.82) is 0 Å². The van der Waals surface area contributed by atoms with Gasteiger partial charge in [-0.2, -0.15) is 0 Å². The zero-order chi connectivity index (χ0) is 20.3. The minimum absolute atomic E-state index is 0.000271. The topological polar surface area (TPSA) is 40.6 Å². The Morgan fingerprint density at radius 2 is 1.71 bits per heavy atom. The van der Waals surface area contributed by atoms with Crippen LogP contribution in [0.2, 0.25) is 0 Å². The fourth-order valence-electron chi connectivity index (χ4n) is 4.59. The molecule has 0 amide bonds. The molecule has 2 heterocycles. The van der Waals surface area contributed by atoms with Crippen LogP contribution in [0.25, 0.3) is 0 Å². The molecule has 4 nitrogen and oxygen atoms in total. The van der Waals surface area contributed by atoms with E-state index < -0.39 is 10.0 Å². The number of likely N-dealkylation sites (N-methyl/N-ethyl adjacent to an activating group) is 1. The van der Waals surface area contributed by atoms with Gasteiger partial charge in [-0.25, -0.2) is 8.42 Å². The molecule has 2 aliphatic rings. The lowest BCUT2D eigenvalue weighted by atomic mass is 9.87. The summed E-state index contributed by atoms with van der Waals surface area (Å²) in [5.41, 5.74) is 4.35. The van der Waals surface area contributed by atoms with E-state index in [9.17, 15) is 8.42 Å². The first-order valence-electron chi connectivity index (χ1n) is 10.0. The fourth-order valence-corrected chi connectivity index (χ4v) is 6.33. The average Bonchev–Trinajstić information content (AvgIpc) is 2.95. The van der Waals surface area contributed by atoms with Crippen LogP contribution in [0.4, 0.5) is 5.69 Å². The van der Waals surface area contributed by atoms with Crippen LogP contribution in [-0.2, 0) is 15.4 Å². The average molecular weight is 399 g/mol. The minimum atomic E-state index is -3.60. The molecule has 2 aromatic rings. The minimum Gasteiger partial charge on any atom is -0.306 e. The van der Waals surface area contributed by atoms with Crippen LogP contribution in [0.15, 0.2) is 47.4 Å². The maximum atomic E-state index is 13.7. The van der Waals surface area contributed by atoms with Crippen LogP contribution in [0.3, 0.4) is 0 Å². The van der Waals surface area contributed by atoms with Gasteiger partial charge in [0.15, 0.2) is 0 Å². The summed E-state index contributed by atoms with van der Waals surface area (Å²) in [7, 11) is -1.48. The summed E-state index contributed by atoms with van der Waals surface area (Å²) in [4.78, 5) is 2.69. The largest absolute Gasteiger partial charge is 0.306 e. The van der Waals surface area contributed by atoms with Crippen molar-refractivity contribution in [3.05, 3.63) is 59.2 Å². The molecule has 150 valence electrons. The highest BCUT2D eigenvalue weighted by atomic mass is 32.2. The number of fused-ring (bicyclic) bond motifs is 3. The van der Waals surface area contributed by atoms with Crippen molar-refractivity contribution in [1.82, 2.24) is 4.90 Å². The zero-order valence-electron chi connectivity index (χ0n) is 17.4. The molecule has 28 heavy (non-hydrogen) atoms. The van der Waals surface area contributed by atoms with E-state index in [1.54, 1.807) is 16.4 Å². The summed E-state index contributed by atoms with van der Waals surface area (Å²) in [5, 5.41) is 0. The Morgan fingerprint density at radius 3 is 2.36 bits per heavy atom. The molecule has 5 heteroatoms. The Morgan fingerprint density at radius 1 is 1.04 bits per heavy atom. The molecule has 0 radical (unpaired) electrons. The normalized spacial score (nSPS) is 22.8. The molecular weight excluding hydrogens is 368 g/mol. The van der Waals surface area contributed by atoms with Gasteiger partial charge < -0.3 is 4.90 Å². The van der Waals surface area contributed by atoms with Gasteiger partial charge in [-0.05, 0) is 61.7 Å². The molecule has 0 bridgehead atoms. The van der Waals surface area contributed by atoms with Gasteiger partial charge in [0.05, 0.1) is 16.6 Å². The summed E-state index contributed by atoms with van der Waals surface area (Å²) in [6.07, 6.45) is 0.855. The summed E-state index contributed by atoms with van der Waals surface area (Å²) >= 11 is 0. The van der Waals surface area contributed by atoms with E-state index in [4.69, 9.17) is 0 Å². The van der Waals surface area contributed by atoms with Crippen molar-refractivity contribution in [2.45, 2.75) is 56.4 Å². The quantitative estimate of drug-likeness (QED) is 0.758. The standard InChI is InChI=1S/C23H30N2O2S/c1-16-6-11-21-19(14-16)20-15-24(5)13-12-22(20)25(21)28(26,27)18-9-7-17(8-10-18)23(2,3)4/h6-11,14,20,22H,12-13,15H2,1-5H3/t20-,22+/m1/s1. The van der Waals surface area contributed by atoms with Crippen molar-refractivity contribution in [2.75, 3.05) is 24.4 Å². The van der Waals surface area contributed by atoms with Gasteiger partial charge in [0.2, 0.25) is 0 Å². The van der Waals surface area contributed by atoms with Crippen LogP contribution in [0, 0.1) is 6.92 Å². The third-order valence-electron chi connectivity index (χ3n) is 6.18. The van der Waals surface area contributed by atoms with Gasteiger partial charge in [-0.3, -0.25) is 4.31 Å². The second-order valence-corrected chi connectivity index (χ2v) is 11.2. The first-order chi connectivity index (χ1) is 13.1. The first-order valence-corrected chi connectivity index (χ1v) is 11.5. The SMILES string of the molecule is Cc1ccc2c(c1)[C@H]1CN(C)CC[C@@H]1N2S(=O)(=O)c1ccc(C(C)(C)C)cc1. The fraction of sp³-hybridized carbons (Fsp3) is 0.478. The molecule has 0 spiro atoms. The van der Waals surface area contributed by atoms with Crippen molar-refractivity contribution < 1.29 is 8.42 Å². The maximum Gasteiger partial charge on any atom is 0.264 e. The van der Waals surface area contributed by atoms with Gasteiger partial charge in [0, 0.05) is 12.5 Å². The highest BCUT2D eigenvalue weighted by Gasteiger charge is 2.46. The van der Waals surface area contributed by atoms with E-state index in [-0.39, 0.29) is 17.4 Å². The number of rotatable bonds is 2. The molecule has 1 fully saturated rings. The third kappa shape index (κ3) is 3.15. The van der Waals surface area contributed by atoms with Crippen molar-refractivity contribution in [3.8, 4) is 0 Å². The van der Waals surface area contributed by atoms with Crippen LogP contribution < -0.4 is 4.31 Å². The van der Waals surface area contributed by atoms with E-state index in [1.165, 1.54) is 11.1 Å². The predicted octanol–water partition coefficient (Wildman–Crippen LogP) is 4.29. The highest BCUT2D eigenvalue weighted by Crippen LogP contribution is 2.47. The molecule has 0 aliphatic carbocycles. The highest BCUT2D eigenvalue weighted by molar-refractivity contribution is 7.92. The Bertz CT molecular complexity index is 990. The van der Waals surface area contributed by atoms with E-state index in [0.717, 1.165) is 30.8 Å². The van der Waals surface area contributed by atoms with Crippen LogP contribution in [0.5, 0.6) is 0 Å². The Balaban J connectivity index is 1.79. The lowest BCUT2D eigenvalue weighted by Gasteiger charge is -2.36. The zero-order valence-corrected chi connectivity index (χ0v) is 18.3. The smallest absolute Gasteiger partial charge is 0.264 e. The van der Waals surface area contributed by atoms with Gasteiger partial charge in [-0.1, -0.05) is 50.6 Å². The molecule has 4 rings (SSSR count). The number of piperidine rings is 1. The first kappa shape index (κ1) is 19.5. The molecule has 2 aromatic carbocycles. The number of hydrogen-bond donors (Lipinski definition) is 0. The van der Waals surface area contributed by atoms with E-state index in [0.29, 0.717) is 4.90 Å². The van der Waals surface area contributed by atoms with Crippen LogP contribution in [0.1, 0.15) is 49.8 Å². The van der Waals surface area contributed by atoms with Crippen molar-refractivity contribution in [2.24, 2.45) is 0 Å². The number of likely N-dealkylation sites (tertiary alicyclic amines) is 1. The number of hydrogen-bond acceptors (Lipinski definition) is 3. The number of anilines is 1. The van der Waals surface area contributed by atoms with Crippen LogP contribution in [-0.4, -0.2) is 39.5 Å². The second-order valence-electron chi connectivity index (χ2n) is 9.36. The molecule has 0 N–H and O–H groups in total. The molecule has 0 aromatic heterocycles. The monoisotopic (exact) mass is 398 g/mol.